The lowest BCUT2D eigenvalue weighted by Gasteiger charge is -2.30. The highest BCUT2D eigenvalue weighted by atomic mass is 16.3. The Morgan fingerprint density at radius 3 is 2.11 bits per heavy atom. The SMILES string of the molecule is C=C(C)C(C)(O)N(C)N. The molecule has 54 valence electrons. The Balaban J connectivity index is 4.19. The second kappa shape index (κ2) is 2.47. The summed E-state index contributed by atoms with van der Waals surface area (Å²) in [5.74, 6) is 5.29. The first-order valence-corrected chi connectivity index (χ1v) is 2.76. The fraction of sp³-hybridized carbons (Fsp3) is 0.667. The number of aliphatic hydroxyl groups is 1. The number of nitrogens with zero attached hydrogens (tertiary/aromatic N) is 1. The van der Waals surface area contributed by atoms with Gasteiger partial charge in [0.15, 0.2) is 0 Å². The highest BCUT2D eigenvalue weighted by Crippen LogP contribution is 2.13. The topological polar surface area (TPSA) is 49.5 Å². The average molecular weight is 130 g/mol. The van der Waals surface area contributed by atoms with Crippen LogP contribution in [0.3, 0.4) is 0 Å². The minimum absolute atomic E-state index is 0.632. The molecule has 1 unspecified atom stereocenters. The number of hydrogen-bond donors (Lipinski definition) is 2. The van der Waals surface area contributed by atoms with E-state index >= 15 is 0 Å². The van der Waals surface area contributed by atoms with E-state index in [9.17, 15) is 5.11 Å². The minimum Gasteiger partial charge on any atom is -0.371 e. The van der Waals surface area contributed by atoms with E-state index in [0.29, 0.717) is 5.57 Å². The molecule has 0 heterocycles. The van der Waals surface area contributed by atoms with Gasteiger partial charge in [-0.25, -0.2) is 5.01 Å². The first-order valence-electron chi connectivity index (χ1n) is 2.76. The van der Waals surface area contributed by atoms with Crippen LogP contribution in [0, 0.1) is 0 Å². The van der Waals surface area contributed by atoms with Crippen molar-refractivity contribution in [3.8, 4) is 0 Å². The summed E-state index contributed by atoms with van der Waals surface area (Å²) < 4.78 is 0. The van der Waals surface area contributed by atoms with Crippen LogP contribution in [0.4, 0.5) is 0 Å². The van der Waals surface area contributed by atoms with Crippen LogP contribution in [0.5, 0.6) is 0 Å². The Kier molecular flexibility index (Phi) is 2.37. The van der Waals surface area contributed by atoms with Crippen LogP contribution in [0.15, 0.2) is 12.2 Å². The molecule has 0 aromatic carbocycles. The number of hydrogen-bond acceptors (Lipinski definition) is 3. The zero-order valence-electron chi connectivity index (χ0n) is 6.18. The largest absolute Gasteiger partial charge is 0.371 e. The maximum Gasteiger partial charge on any atom is 0.148 e. The maximum absolute atomic E-state index is 9.37. The van der Waals surface area contributed by atoms with Crippen molar-refractivity contribution in [3.05, 3.63) is 12.2 Å². The zero-order chi connectivity index (χ0) is 7.65. The van der Waals surface area contributed by atoms with E-state index in [2.05, 4.69) is 6.58 Å². The summed E-state index contributed by atoms with van der Waals surface area (Å²) in [6, 6.07) is 0. The van der Waals surface area contributed by atoms with Crippen LogP contribution in [-0.4, -0.2) is 22.9 Å². The van der Waals surface area contributed by atoms with Crippen LogP contribution < -0.4 is 5.84 Å². The van der Waals surface area contributed by atoms with E-state index in [1.807, 2.05) is 0 Å². The van der Waals surface area contributed by atoms with Gasteiger partial charge in [0.05, 0.1) is 0 Å². The van der Waals surface area contributed by atoms with Crippen LogP contribution in [0.1, 0.15) is 13.8 Å². The van der Waals surface area contributed by atoms with Gasteiger partial charge >= 0.3 is 0 Å². The summed E-state index contributed by atoms with van der Waals surface area (Å²) in [5, 5.41) is 10.6. The van der Waals surface area contributed by atoms with Gasteiger partial charge in [-0.1, -0.05) is 6.58 Å². The second-order valence-electron chi connectivity index (χ2n) is 2.41. The van der Waals surface area contributed by atoms with Crippen molar-refractivity contribution in [1.82, 2.24) is 5.01 Å². The summed E-state index contributed by atoms with van der Waals surface area (Å²) in [7, 11) is 1.59. The molecule has 0 radical (unpaired) electrons. The highest BCUT2D eigenvalue weighted by Gasteiger charge is 2.23. The summed E-state index contributed by atoms with van der Waals surface area (Å²) in [6.07, 6.45) is 0. The van der Waals surface area contributed by atoms with Crippen molar-refractivity contribution in [3.63, 3.8) is 0 Å². The summed E-state index contributed by atoms with van der Waals surface area (Å²) in [6.45, 7) is 6.89. The summed E-state index contributed by atoms with van der Waals surface area (Å²) in [4.78, 5) is 0. The third kappa shape index (κ3) is 1.78. The number of hydrazine groups is 1. The molecular weight excluding hydrogens is 116 g/mol. The first kappa shape index (κ1) is 8.62. The van der Waals surface area contributed by atoms with Gasteiger partial charge in [-0.3, -0.25) is 5.84 Å². The van der Waals surface area contributed by atoms with Crippen molar-refractivity contribution >= 4 is 0 Å². The van der Waals surface area contributed by atoms with Gasteiger partial charge in [0.25, 0.3) is 0 Å². The molecule has 0 aliphatic heterocycles. The molecule has 0 aliphatic rings. The predicted molar refractivity (Wildman–Crippen MR) is 37.4 cm³/mol. The molecule has 0 saturated carbocycles. The molecular formula is C6H14N2O. The van der Waals surface area contributed by atoms with Gasteiger partial charge in [-0.2, -0.15) is 0 Å². The van der Waals surface area contributed by atoms with Gasteiger partial charge in [-0.05, 0) is 19.4 Å². The van der Waals surface area contributed by atoms with Gasteiger partial charge in [0.2, 0.25) is 0 Å². The predicted octanol–water partition coefficient (Wildman–Crippen LogP) is 0.0765. The van der Waals surface area contributed by atoms with E-state index in [4.69, 9.17) is 5.84 Å². The van der Waals surface area contributed by atoms with Crippen molar-refractivity contribution in [2.45, 2.75) is 19.6 Å². The molecule has 0 bridgehead atoms. The Morgan fingerprint density at radius 2 is 2.11 bits per heavy atom. The normalized spacial score (nSPS) is 17.6. The van der Waals surface area contributed by atoms with E-state index in [-0.39, 0.29) is 0 Å². The fourth-order valence-corrected chi connectivity index (χ4v) is 0.301. The summed E-state index contributed by atoms with van der Waals surface area (Å²) >= 11 is 0. The lowest BCUT2D eigenvalue weighted by atomic mass is 10.1. The van der Waals surface area contributed by atoms with Gasteiger partial charge < -0.3 is 5.11 Å². The lowest BCUT2D eigenvalue weighted by molar-refractivity contribution is -0.0474. The molecule has 0 aromatic rings. The maximum atomic E-state index is 9.37. The number of rotatable bonds is 2. The second-order valence-corrected chi connectivity index (χ2v) is 2.41. The Bertz CT molecular complexity index is 118. The standard InChI is InChI=1S/C6H14N2O/c1-5(2)6(3,9)8(4)7/h9H,1,7H2,2-4H3. The zero-order valence-corrected chi connectivity index (χ0v) is 6.18. The van der Waals surface area contributed by atoms with Crippen molar-refractivity contribution < 1.29 is 5.11 Å². The lowest BCUT2D eigenvalue weighted by Crippen LogP contribution is -2.48. The average Bonchev–Trinajstić information content (AvgIpc) is 1.65. The van der Waals surface area contributed by atoms with Gasteiger partial charge in [-0.15, -0.1) is 0 Å². The Labute approximate surface area is 55.7 Å². The van der Waals surface area contributed by atoms with Crippen LogP contribution in [0.2, 0.25) is 0 Å². The van der Waals surface area contributed by atoms with E-state index in [1.165, 1.54) is 5.01 Å². The van der Waals surface area contributed by atoms with E-state index in [1.54, 1.807) is 20.9 Å². The van der Waals surface area contributed by atoms with Crippen molar-refractivity contribution in [2.75, 3.05) is 7.05 Å². The molecule has 0 amide bonds. The van der Waals surface area contributed by atoms with Crippen molar-refractivity contribution in [2.24, 2.45) is 5.84 Å². The molecule has 0 saturated heterocycles. The van der Waals surface area contributed by atoms with Gasteiger partial charge in [0, 0.05) is 7.05 Å². The summed E-state index contributed by atoms with van der Waals surface area (Å²) in [5.41, 5.74) is -0.451. The Morgan fingerprint density at radius 1 is 1.78 bits per heavy atom. The highest BCUT2D eigenvalue weighted by molar-refractivity contribution is 5.04. The van der Waals surface area contributed by atoms with Crippen LogP contribution in [0.25, 0.3) is 0 Å². The third-order valence-corrected chi connectivity index (χ3v) is 1.50. The number of nitrogens with two attached hydrogens (primary N) is 1. The molecule has 0 spiro atoms. The molecule has 9 heavy (non-hydrogen) atoms. The van der Waals surface area contributed by atoms with Crippen LogP contribution in [-0.2, 0) is 0 Å². The third-order valence-electron chi connectivity index (χ3n) is 1.50. The molecule has 0 aliphatic carbocycles. The molecule has 0 fully saturated rings. The van der Waals surface area contributed by atoms with E-state index in [0.717, 1.165) is 0 Å². The fourth-order valence-electron chi connectivity index (χ4n) is 0.301. The molecule has 0 aromatic heterocycles. The first-order chi connectivity index (χ1) is 3.89. The van der Waals surface area contributed by atoms with Crippen molar-refractivity contribution in [1.29, 1.82) is 0 Å². The molecule has 1 atom stereocenters. The number of likely N-dealkylation sites (N-methyl/N-ethyl adjacent to an activating group) is 1. The Hall–Kier alpha value is -0.380. The van der Waals surface area contributed by atoms with Gasteiger partial charge in [0.1, 0.15) is 5.72 Å². The van der Waals surface area contributed by atoms with Crippen LogP contribution >= 0.6 is 0 Å². The molecule has 3 nitrogen and oxygen atoms in total. The molecule has 3 heteroatoms. The molecule has 0 rings (SSSR count). The smallest absolute Gasteiger partial charge is 0.148 e. The van der Waals surface area contributed by atoms with E-state index < -0.39 is 5.72 Å². The quantitative estimate of drug-likeness (QED) is 0.241. The minimum atomic E-state index is -1.08. The monoisotopic (exact) mass is 130 g/mol. The molecule has 3 N–H and O–H groups in total.